The molecule has 1 heterocycles. The van der Waals surface area contributed by atoms with Gasteiger partial charge in [-0.3, -0.25) is 9.59 Å². The summed E-state index contributed by atoms with van der Waals surface area (Å²) < 4.78 is 0. The van der Waals surface area contributed by atoms with E-state index in [0.717, 1.165) is 25.9 Å². The molecular weight excluding hydrogens is 230 g/mol. The van der Waals surface area contributed by atoms with Gasteiger partial charge >= 0.3 is 0 Å². The monoisotopic (exact) mass is 255 g/mol. The van der Waals surface area contributed by atoms with E-state index in [1.807, 2.05) is 4.90 Å². The van der Waals surface area contributed by atoms with Crippen molar-refractivity contribution >= 4 is 11.8 Å². The van der Waals surface area contributed by atoms with Gasteiger partial charge in [-0.2, -0.15) is 0 Å². The Kier molecular flexibility index (Phi) is 5.59. The van der Waals surface area contributed by atoms with Crippen LogP contribution in [-0.2, 0) is 9.59 Å². The van der Waals surface area contributed by atoms with E-state index in [2.05, 4.69) is 5.32 Å². The van der Waals surface area contributed by atoms with Gasteiger partial charge in [0.05, 0.1) is 5.41 Å². The van der Waals surface area contributed by atoms with Gasteiger partial charge in [-0.15, -0.1) is 0 Å². The highest BCUT2D eigenvalue weighted by molar-refractivity contribution is 5.83. The Morgan fingerprint density at radius 3 is 2.39 bits per heavy atom. The fourth-order valence-electron chi connectivity index (χ4n) is 1.92. The van der Waals surface area contributed by atoms with Crippen molar-refractivity contribution in [1.29, 1.82) is 0 Å². The smallest absolute Gasteiger partial charge is 0.226 e. The first kappa shape index (κ1) is 15.0. The molecule has 0 atom stereocenters. The van der Waals surface area contributed by atoms with Crippen molar-refractivity contribution in [3.63, 3.8) is 0 Å². The summed E-state index contributed by atoms with van der Waals surface area (Å²) >= 11 is 0. The molecule has 0 aromatic heterocycles. The van der Waals surface area contributed by atoms with Crippen LogP contribution in [0.5, 0.6) is 0 Å². The predicted octanol–water partition coefficient (Wildman–Crippen LogP) is 0.490. The third-order valence-electron chi connectivity index (χ3n) is 3.46. The van der Waals surface area contributed by atoms with Crippen molar-refractivity contribution in [2.24, 2.45) is 11.1 Å². The van der Waals surface area contributed by atoms with Gasteiger partial charge in [-0.25, -0.2) is 0 Å². The molecule has 0 aliphatic carbocycles. The molecule has 1 rings (SSSR count). The minimum atomic E-state index is -0.561. The Hall–Kier alpha value is -1.10. The summed E-state index contributed by atoms with van der Waals surface area (Å²) in [7, 11) is 0. The van der Waals surface area contributed by atoms with Crippen LogP contribution in [0, 0.1) is 5.41 Å². The lowest BCUT2D eigenvalue weighted by Gasteiger charge is -2.27. The first-order chi connectivity index (χ1) is 8.47. The van der Waals surface area contributed by atoms with E-state index in [1.54, 1.807) is 13.8 Å². The molecule has 0 saturated carbocycles. The highest BCUT2D eigenvalue weighted by Gasteiger charge is 2.25. The number of carbonyl (C=O) groups excluding carboxylic acids is 2. The average Bonchev–Trinajstić information content (AvgIpc) is 2.39. The normalized spacial score (nSPS) is 16.5. The number of nitrogens with two attached hydrogens (primary N) is 1. The summed E-state index contributed by atoms with van der Waals surface area (Å²) in [5.74, 6) is 0.0528. The molecule has 18 heavy (non-hydrogen) atoms. The van der Waals surface area contributed by atoms with Crippen LogP contribution in [-0.4, -0.2) is 42.9 Å². The van der Waals surface area contributed by atoms with Crippen LogP contribution in [0.4, 0.5) is 0 Å². The van der Waals surface area contributed by atoms with Crippen molar-refractivity contribution in [2.45, 2.75) is 39.5 Å². The average molecular weight is 255 g/mol. The molecule has 1 fully saturated rings. The summed E-state index contributed by atoms with van der Waals surface area (Å²) in [4.78, 5) is 25.5. The Labute approximate surface area is 109 Å². The zero-order valence-corrected chi connectivity index (χ0v) is 11.5. The second kappa shape index (κ2) is 6.73. The van der Waals surface area contributed by atoms with Crippen molar-refractivity contribution in [1.82, 2.24) is 10.2 Å². The molecule has 0 spiro atoms. The van der Waals surface area contributed by atoms with Crippen molar-refractivity contribution < 1.29 is 9.59 Å². The number of amides is 2. The van der Waals surface area contributed by atoms with Crippen molar-refractivity contribution in [2.75, 3.05) is 26.2 Å². The van der Waals surface area contributed by atoms with Gasteiger partial charge in [0.15, 0.2) is 0 Å². The predicted molar refractivity (Wildman–Crippen MR) is 70.9 cm³/mol. The second-order valence-corrected chi connectivity index (χ2v) is 5.54. The molecule has 1 saturated heterocycles. The molecule has 0 radical (unpaired) electrons. The molecule has 104 valence electrons. The maximum absolute atomic E-state index is 11.8. The van der Waals surface area contributed by atoms with E-state index in [1.165, 1.54) is 6.42 Å². The van der Waals surface area contributed by atoms with Crippen LogP contribution in [0.1, 0.15) is 39.5 Å². The number of nitrogens with zero attached hydrogens (tertiary/aromatic N) is 1. The van der Waals surface area contributed by atoms with Crippen LogP contribution in [0.3, 0.4) is 0 Å². The summed E-state index contributed by atoms with van der Waals surface area (Å²) in [6, 6.07) is 0. The fraction of sp³-hybridized carbons (Fsp3) is 0.846. The van der Waals surface area contributed by atoms with E-state index in [-0.39, 0.29) is 11.8 Å². The molecule has 0 unspecified atom stereocenters. The Morgan fingerprint density at radius 2 is 1.83 bits per heavy atom. The zero-order valence-electron chi connectivity index (χ0n) is 11.5. The molecule has 1 aliphatic heterocycles. The minimum absolute atomic E-state index is 0.0866. The highest BCUT2D eigenvalue weighted by atomic mass is 16.2. The van der Waals surface area contributed by atoms with E-state index in [0.29, 0.717) is 19.5 Å². The Bertz CT molecular complexity index is 297. The number of hydrogen-bond donors (Lipinski definition) is 2. The quantitative estimate of drug-likeness (QED) is 0.750. The van der Waals surface area contributed by atoms with E-state index >= 15 is 0 Å². The molecule has 1 aliphatic rings. The number of piperidine rings is 1. The zero-order chi connectivity index (χ0) is 13.6. The summed E-state index contributed by atoms with van der Waals surface area (Å²) in [5.41, 5.74) is 4.96. The molecule has 0 aromatic carbocycles. The van der Waals surface area contributed by atoms with Gasteiger partial charge in [0, 0.05) is 32.6 Å². The topological polar surface area (TPSA) is 75.4 Å². The third-order valence-corrected chi connectivity index (χ3v) is 3.46. The van der Waals surface area contributed by atoms with Crippen LogP contribution in [0.15, 0.2) is 0 Å². The fourth-order valence-corrected chi connectivity index (χ4v) is 1.92. The van der Waals surface area contributed by atoms with Crippen LogP contribution in [0.25, 0.3) is 0 Å². The number of likely N-dealkylation sites (tertiary alicyclic amines) is 1. The lowest BCUT2D eigenvalue weighted by atomic mass is 9.93. The van der Waals surface area contributed by atoms with Crippen molar-refractivity contribution in [3.8, 4) is 0 Å². The maximum atomic E-state index is 11.8. The summed E-state index contributed by atoms with van der Waals surface area (Å²) in [6.45, 7) is 6.03. The number of hydrogen-bond acceptors (Lipinski definition) is 3. The Morgan fingerprint density at radius 1 is 1.22 bits per heavy atom. The number of nitrogens with one attached hydrogen (secondary N) is 1. The van der Waals surface area contributed by atoms with Crippen LogP contribution < -0.4 is 11.1 Å². The van der Waals surface area contributed by atoms with Gasteiger partial charge in [0.25, 0.3) is 0 Å². The minimum Gasteiger partial charge on any atom is -0.355 e. The molecular formula is C13H25N3O2. The van der Waals surface area contributed by atoms with E-state index < -0.39 is 5.41 Å². The van der Waals surface area contributed by atoms with E-state index in [9.17, 15) is 9.59 Å². The largest absolute Gasteiger partial charge is 0.355 e. The highest BCUT2D eigenvalue weighted by Crippen LogP contribution is 2.12. The first-order valence-electron chi connectivity index (χ1n) is 6.73. The molecule has 0 aromatic rings. The van der Waals surface area contributed by atoms with Gasteiger partial charge in [-0.1, -0.05) is 0 Å². The lowest BCUT2D eigenvalue weighted by molar-refractivity contribution is -0.132. The molecule has 5 nitrogen and oxygen atoms in total. The van der Waals surface area contributed by atoms with Gasteiger partial charge in [0.1, 0.15) is 0 Å². The maximum Gasteiger partial charge on any atom is 0.226 e. The van der Waals surface area contributed by atoms with Crippen molar-refractivity contribution in [3.05, 3.63) is 0 Å². The van der Waals surface area contributed by atoms with Gasteiger partial charge in [-0.05, 0) is 33.1 Å². The second-order valence-electron chi connectivity index (χ2n) is 5.54. The first-order valence-corrected chi connectivity index (χ1v) is 6.73. The van der Waals surface area contributed by atoms with Crippen LogP contribution >= 0.6 is 0 Å². The van der Waals surface area contributed by atoms with Gasteiger partial charge in [0.2, 0.25) is 11.8 Å². The lowest BCUT2D eigenvalue weighted by Crippen LogP contribution is -2.43. The molecule has 0 bridgehead atoms. The SMILES string of the molecule is CC(C)(CN)C(=O)NCCC(=O)N1CCCCC1. The Balaban J connectivity index is 2.24. The third kappa shape index (κ3) is 4.29. The number of carbonyl (C=O) groups is 2. The summed E-state index contributed by atoms with van der Waals surface area (Å²) in [5, 5.41) is 2.78. The molecule has 5 heteroatoms. The van der Waals surface area contributed by atoms with Crippen LogP contribution in [0.2, 0.25) is 0 Å². The molecule has 2 amide bonds. The van der Waals surface area contributed by atoms with E-state index in [4.69, 9.17) is 5.73 Å². The standard InChI is InChI=1S/C13H25N3O2/c1-13(2,10-14)12(18)15-7-6-11(17)16-8-4-3-5-9-16/h3-10,14H2,1-2H3,(H,15,18). The number of rotatable bonds is 5. The molecule has 3 N–H and O–H groups in total. The summed E-state index contributed by atoms with van der Waals surface area (Å²) in [6.07, 6.45) is 3.79. The van der Waals surface area contributed by atoms with Gasteiger partial charge < -0.3 is 16.0 Å².